The fourth-order valence-corrected chi connectivity index (χ4v) is 2.52. The Morgan fingerprint density at radius 3 is 2.55 bits per heavy atom. The van der Waals surface area contributed by atoms with E-state index in [1.165, 1.54) is 0 Å². The molecule has 4 nitrogen and oxygen atoms in total. The zero-order chi connectivity index (χ0) is 16.6. The molecular formula is C18H30N2O2. The van der Waals surface area contributed by atoms with Crippen LogP contribution < -0.4 is 5.32 Å². The van der Waals surface area contributed by atoms with Crippen LogP contribution in [0.25, 0.3) is 0 Å². The van der Waals surface area contributed by atoms with E-state index in [4.69, 9.17) is 5.11 Å². The number of amides is 1. The zero-order valence-electron chi connectivity index (χ0n) is 14.4. The van der Waals surface area contributed by atoms with E-state index in [9.17, 15) is 4.79 Å². The number of benzene rings is 1. The van der Waals surface area contributed by atoms with Gasteiger partial charge in [0.25, 0.3) is 0 Å². The summed E-state index contributed by atoms with van der Waals surface area (Å²) in [6.45, 7) is 10.6. The number of nitrogens with zero attached hydrogens (tertiary/aromatic N) is 1. The number of aliphatic hydroxyl groups excluding tert-OH is 1. The number of rotatable bonds is 8. The molecule has 124 valence electrons. The summed E-state index contributed by atoms with van der Waals surface area (Å²) >= 11 is 0. The van der Waals surface area contributed by atoms with Crippen LogP contribution in [0.4, 0.5) is 5.69 Å². The maximum Gasteiger partial charge on any atom is 0.238 e. The van der Waals surface area contributed by atoms with Crippen LogP contribution in [0.5, 0.6) is 0 Å². The first-order chi connectivity index (χ1) is 10.4. The topological polar surface area (TPSA) is 52.6 Å². The summed E-state index contributed by atoms with van der Waals surface area (Å²) in [5.74, 6) is 0.00286. The van der Waals surface area contributed by atoms with Gasteiger partial charge in [0.1, 0.15) is 0 Å². The third kappa shape index (κ3) is 7.05. The predicted molar refractivity (Wildman–Crippen MR) is 92.0 cm³/mol. The Morgan fingerprint density at radius 2 is 1.95 bits per heavy atom. The van der Waals surface area contributed by atoms with Crippen molar-refractivity contribution in [2.45, 2.75) is 40.5 Å². The fourth-order valence-electron chi connectivity index (χ4n) is 2.52. The molecule has 0 saturated carbocycles. The molecule has 0 unspecified atom stereocenters. The lowest BCUT2D eigenvalue weighted by atomic mass is 9.96. The number of nitrogens with one attached hydrogen (secondary N) is 1. The van der Waals surface area contributed by atoms with Crippen LogP contribution in [0.2, 0.25) is 0 Å². The second-order valence-corrected chi connectivity index (χ2v) is 6.91. The molecule has 0 aromatic heterocycles. The molecule has 0 bridgehead atoms. The van der Waals surface area contributed by atoms with Crippen LogP contribution in [-0.2, 0) is 11.2 Å². The van der Waals surface area contributed by atoms with Crippen molar-refractivity contribution in [2.75, 3.05) is 31.6 Å². The minimum atomic E-state index is 0.00286. The number of anilines is 1. The average Bonchev–Trinajstić information content (AvgIpc) is 2.43. The van der Waals surface area contributed by atoms with Gasteiger partial charge in [0, 0.05) is 25.4 Å². The van der Waals surface area contributed by atoms with Crippen LogP contribution in [0.3, 0.4) is 0 Å². The smallest absolute Gasteiger partial charge is 0.238 e. The first-order valence-corrected chi connectivity index (χ1v) is 8.06. The number of hydrogen-bond acceptors (Lipinski definition) is 3. The van der Waals surface area contributed by atoms with E-state index in [0.29, 0.717) is 13.0 Å². The van der Waals surface area contributed by atoms with Crippen LogP contribution in [0, 0.1) is 5.41 Å². The van der Waals surface area contributed by atoms with Gasteiger partial charge in [-0.1, -0.05) is 45.9 Å². The Balaban J connectivity index is 2.65. The van der Waals surface area contributed by atoms with Crippen LogP contribution in [-0.4, -0.2) is 42.2 Å². The Morgan fingerprint density at radius 1 is 1.27 bits per heavy atom. The van der Waals surface area contributed by atoms with Crippen molar-refractivity contribution in [3.8, 4) is 0 Å². The van der Waals surface area contributed by atoms with Gasteiger partial charge >= 0.3 is 0 Å². The summed E-state index contributed by atoms with van der Waals surface area (Å²) in [7, 11) is 0. The molecule has 1 aromatic carbocycles. The van der Waals surface area contributed by atoms with Crippen molar-refractivity contribution in [2.24, 2.45) is 5.41 Å². The Bertz CT molecular complexity index is 466. The molecule has 2 N–H and O–H groups in total. The molecule has 1 rings (SSSR count). The maximum atomic E-state index is 12.3. The van der Waals surface area contributed by atoms with Crippen molar-refractivity contribution < 1.29 is 9.90 Å². The summed E-state index contributed by atoms with van der Waals surface area (Å²) < 4.78 is 0. The number of para-hydroxylation sites is 1. The molecular weight excluding hydrogens is 276 g/mol. The molecule has 1 amide bonds. The molecule has 0 atom stereocenters. The van der Waals surface area contributed by atoms with Gasteiger partial charge in [0.15, 0.2) is 0 Å². The Labute approximate surface area is 134 Å². The summed E-state index contributed by atoms with van der Waals surface area (Å²) in [6, 6.07) is 7.90. The second kappa shape index (κ2) is 8.91. The molecule has 0 aliphatic heterocycles. The van der Waals surface area contributed by atoms with E-state index in [1.54, 1.807) is 0 Å². The molecule has 4 heteroatoms. The van der Waals surface area contributed by atoms with Gasteiger partial charge in [0.05, 0.1) is 6.54 Å². The van der Waals surface area contributed by atoms with Gasteiger partial charge in [-0.2, -0.15) is 0 Å². The standard InChI is InChI=1S/C18H30N2O2/c1-5-15-9-6-7-10-16(15)19-17(22)13-20(11-8-12-21)14-18(2,3)4/h6-7,9-10,21H,5,8,11-14H2,1-4H3,(H,19,22). The van der Waals surface area contributed by atoms with E-state index >= 15 is 0 Å². The number of aliphatic hydroxyl groups is 1. The summed E-state index contributed by atoms with van der Waals surface area (Å²) in [4.78, 5) is 14.4. The predicted octanol–water partition coefficient (Wildman–Crippen LogP) is 2.92. The van der Waals surface area contributed by atoms with E-state index in [1.807, 2.05) is 24.3 Å². The maximum absolute atomic E-state index is 12.3. The minimum Gasteiger partial charge on any atom is -0.396 e. The van der Waals surface area contributed by atoms with Crippen molar-refractivity contribution in [1.82, 2.24) is 4.90 Å². The van der Waals surface area contributed by atoms with Crippen molar-refractivity contribution in [1.29, 1.82) is 0 Å². The normalized spacial score (nSPS) is 11.7. The SMILES string of the molecule is CCc1ccccc1NC(=O)CN(CCCO)CC(C)(C)C. The quantitative estimate of drug-likeness (QED) is 0.776. The highest BCUT2D eigenvalue weighted by molar-refractivity contribution is 5.93. The average molecular weight is 306 g/mol. The van der Waals surface area contributed by atoms with Gasteiger partial charge in [-0.3, -0.25) is 9.69 Å². The van der Waals surface area contributed by atoms with Gasteiger partial charge in [-0.15, -0.1) is 0 Å². The van der Waals surface area contributed by atoms with Crippen molar-refractivity contribution in [3.63, 3.8) is 0 Å². The monoisotopic (exact) mass is 306 g/mol. The highest BCUT2D eigenvalue weighted by Gasteiger charge is 2.18. The highest BCUT2D eigenvalue weighted by atomic mass is 16.3. The molecule has 22 heavy (non-hydrogen) atoms. The van der Waals surface area contributed by atoms with Crippen LogP contribution in [0.1, 0.15) is 39.7 Å². The van der Waals surface area contributed by atoms with Gasteiger partial charge in [-0.05, 0) is 29.9 Å². The van der Waals surface area contributed by atoms with E-state index < -0.39 is 0 Å². The van der Waals surface area contributed by atoms with Crippen molar-refractivity contribution >= 4 is 11.6 Å². The summed E-state index contributed by atoms with van der Waals surface area (Å²) in [6.07, 6.45) is 1.58. The third-order valence-corrected chi connectivity index (χ3v) is 3.37. The number of hydrogen-bond donors (Lipinski definition) is 2. The van der Waals surface area contributed by atoms with Gasteiger partial charge in [0.2, 0.25) is 5.91 Å². The van der Waals surface area contributed by atoms with E-state index in [-0.39, 0.29) is 17.9 Å². The summed E-state index contributed by atoms with van der Waals surface area (Å²) in [5, 5.41) is 12.0. The molecule has 0 aliphatic carbocycles. The van der Waals surface area contributed by atoms with Crippen molar-refractivity contribution in [3.05, 3.63) is 29.8 Å². The first-order valence-electron chi connectivity index (χ1n) is 8.06. The first kappa shape index (κ1) is 18.7. The molecule has 0 fully saturated rings. The van der Waals surface area contributed by atoms with Gasteiger partial charge < -0.3 is 10.4 Å². The second-order valence-electron chi connectivity index (χ2n) is 6.91. The molecule has 0 heterocycles. The van der Waals surface area contributed by atoms with E-state index in [0.717, 1.165) is 30.8 Å². The van der Waals surface area contributed by atoms with E-state index in [2.05, 4.69) is 37.9 Å². The largest absolute Gasteiger partial charge is 0.396 e. The molecule has 0 radical (unpaired) electrons. The molecule has 1 aromatic rings. The van der Waals surface area contributed by atoms with Crippen LogP contribution in [0.15, 0.2) is 24.3 Å². The molecule has 0 aliphatic rings. The Hall–Kier alpha value is -1.39. The van der Waals surface area contributed by atoms with Gasteiger partial charge in [-0.25, -0.2) is 0 Å². The minimum absolute atomic E-state index is 0.00286. The number of carbonyl (C=O) groups is 1. The lowest BCUT2D eigenvalue weighted by Crippen LogP contribution is -2.39. The fraction of sp³-hybridized carbons (Fsp3) is 0.611. The Kier molecular flexibility index (Phi) is 7.56. The van der Waals surface area contributed by atoms with Crippen LogP contribution >= 0.6 is 0 Å². The summed E-state index contributed by atoms with van der Waals surface area (Å²) in [5.41, 5.74) is 2.17. The third-order valence-electron chi connectivity index (χ3n) is 3.37. The lowest BCUT2D eigenvalue weighted by molar-refractivity contribution is -0.117. The number of aryl methyl sites for hydroxylation is 1. The molecule has 0 saturated heterocycles. The highest BCUT2D eigenvalue weighted by Crippen LogP contribution is 2.17. The lowest BCUT2D eigenvalue weighted by Gasteiger charge is -2.29. The molecule has 0 spiro atoms. The zero-order valence-corrected chi connectivity index (χ0v) is 14.4. The number of carbonyl (C=O) groups excluding carboxylic acids is 1.